The maximum atomic E-state index is 12.8. The molecule has 0 saturated carbocycles. The van der Waals surface area contributed by atoms with Crippen LogP contribution in [-0.2, 0) is 21.2 Å². The van der Waals surface area contributed by atoms with Gasteiger partial charge in [0, 0.05) is 16.2 Å². The molecule has 0 spiro atoms. The first kappa shape index (κ1) is 17.9. The number of fused-ring (bicyclic) bond motifs is 2. The zero-order chi connectivity index (χ0) is 19.2. The van der Waals surface area contributed by atoms with E-state index in [0.29, 0.717) is 18.6 Å². The van der Waals surface area contributed by atoms with Crippen LogP contribution in [0.3, 0.4) is 0 Å². The molecule has 2 heterocycles. The van der Waals surface area contributed by atoms with E-state index < -0.39 is 21.8 Å². The van der Waals surface area contributed by atoms with Crippen LogP contribution in [0.5, 0.6) is 5.75 Å². The van der Waals surface area contributed by atoms with Gasteiger partial charge in [-0.25, -0.2) is 13.1 Å². The Bertz CT molecular complexity index is 1160. The predicted molar refractivity (Wildman–Crippen MR) is 100 cm³/mol. The summed E-state index contributed by atoms with van der Waals surface area (Å²) in [6.45, 7) is 0. The maximum absolute atomic E-state index is 12.8. The van der Waals surface area contributed by atoms with Gasteiger partial charge in [0.1, 0.15) is 17.0 Å². The number of halogens is 1. The third-order valence-electron chi connectivity index (χ3n) is 4.64. The van der Waals surface area contributed by atoms with Crippen molar-refractivity contribution >= 4 is 37.5 Å². The second kappa shape index (κ2) is 6.61. The fraction of sp³-hybridized carbons (Fsp3) is 0.235. The van der Waals surface area contributed by atoms with Crippen molar-refractivity contribution in [3.05, 3.63) is 52.4 Å². The Labute approximate surface area is 163 Å². The molecule has 1 unspecified atom stereocenters. The number of carbonyl (C=O) groups is 1. The van der Waals surface area contributed by atoms with Gasteiger partial charge in [-0.2, -0.15) is 0 Å². The molecule has 1 amide bonds. The molecule has 140 valence electrons. The third-order valence-corrected chi connectivity index (χ3v) is 6.75. The predicted octanol–water partition coefficient (Wildman–Crippen LogP) is 2.04. The second-order valence-corrected chi connectivity index (χ2v) is 8.64. The van der Waals surface area contributed by atoms with E-state index >= 15 is 0 Å². The van der Waals surface area contributed by atoms with Crippen molar-refractivity contribution in [2.24, 2.45) is 0 Å². The van der Waals surface area contributed by atoms with Crippen LogP contribution in [0.25, 0.3) is 5.65 Å². The topological polar surface area (TPSA) is 103 Å². The minimum absolute atomic E-state index is 0.102. The first-order valence-electron chi connectivity index (χ1n) is 8.12. The number of rotatable bonds is 4. The Morgan fingerprint density at radius 3 is 2.96 bits per heavy atom. The first-order chi connectivity index (χ1) is 12.9. The van der Waals surface area contributed by atoms with Gasteiger partial charge in [0.15, 0.2) is 5.65 Å². The van der Waals surface area contributed by atoms with Crippen LogP contribution < -0.4 is 9.46 Å². The van der Waals surface area contributed by atoms with Crippen LogP contribution in [-0.4, -0.2) is 36.0 Å². The molecule has 27 heavy (non-hydrogen) atoms. The number of methoxy groups -OCH3 is 1. The van der Waals surface area contributed by atoms with Crippen molar-refractivity contribution in [2.75, 3.05) is 7.11 Å². The summed E-state index contributed by atoms with van der Waals surface area (Å²) in [5.74, 6) is -0.630. The standard InChI is InChI=1S/C17H15BrN4O4S/c1-26-13-7-6-12(18)10-4-5-11(15(10)13)17(23)21-27(24,25)14-3-2-8-22-9-19-20-16(14)22/h2-3,6-9,11H,4-5H2,1H3,(H,21,23). The van der Waals surface area contributed by atoms with Crippen molar-refractivity contribution in [2.45, 2.75) is 23.7 Å². The van der Waals surface area contributed by atoms with Crippen molar-refractivity contribution < 1.29 is 17.9 Å². The van der Waals surface area contributed by atoms with E-state index in [9.17, 15) is 13.2 Å². The summed E-state index contributed by atoms with van der Waals surface area (Å²) in [4.78, 5) is 12.7. The van der Waals surface area contributed by atoms with E-state index in [1.165, 1.54) is 23.9 Å². The Balaban J connectivity index is 1.69. The number of aromatic nitrogens is 3. The molecule has 4 rings (SSSR count). The molecule has 0 radical (unpaired) electrons. The molecule has 0 fully saturated rings. The zero-order valence-corrected chi connectivity index (χ0v) is 16.6. The lowest BCUT2D eigenvalue weighted by Crippen LogP contribution is -2.34. The Hall–Kier alpha value is -2.46. The molecule has 1 aliphatic rings. The quantitative estimate of drug-likeness (QED) is 0.652. The molecule has 0 saturated heterocycles. The SMILES string of the molecule is COc1ccc(Br)c2c1C(C(=O)NS(=O)(=O)c1cccn3cnnc13)CC2. The fourth-order valence-electron chi connectivity index (χ4n) is 3.42. The highest BCUT2D eigenvalue weighted by Crippen LogP contribution is 2.43. The van der Waals surface area contributed by atoms with Crippen LogP contribution >= 0.6 is 15.9 Å². The maximum Gasteiger partial charge on any atom is 0.267 e. The number of ether oxygens (including phenoxy) is 1. The van der Waals surface area contributed by atoms with Crippen LogP contribution in [0.2, 0.25) is 0 Å². The number of nitrogens with zero attached hydrogens (tertiary/aromatic N) is 3. The summed E-state index contributed by atoms with van der Waals surface area (Å²) in [5, 5.41) is 7.53. The van der Waals surface area contributed by atoms with Gasteiger partial charge in [-0.15, -0.1) is 10.2 Å². The number of nitrogens with one attached hydrogen (secondary N) is 1. The van der Waals surface area contributed by atoms with Crippen LogP contribution in [0.4, 0.5) is 0 Å². The monoisotopic (exact) mass is 450 g/mol. The summed E-state index contributed by atoms with van der Waals surface area (Å²) in [6, 6.07) is 6.57. The van der Waals surface area contributed by atoms with Crippen LogP contribution in [0, 0.1) is 0 Å². The lowest BCUT2D eigenvalue weighted by atomic mass is 10.00. The van der Waals surface area contributed by atoms with E-state index in [1.54, 1.807) is 18.3 Å². The summed E-state index contributed by atoms with van der Waals surface area (Å²) in [7, 11) is -2.57. The Morgan fingerprint density at radius 2 is 2.19 bits per heavy atom. The number of hydrogen-bond acceptors (Lipinski definition) is 6. The first-order valence-corrected chi connectivity index (χ1v) is 10.4. The average Bonchev–Trinajstić information content (AvgIpc) is 3.29. The highest BCUT2D eigenvalue weighted by atomic mass is 79.9. The van der Waals surface area contributed by atoms with E-state index in [2.05, 4.69) is 30.8 Å². The zero-order valence-electron chi connectivity index (χ0n) is 14.2. The van der Waals surface area contributed by atoms with Gasteiger partial charge in [-0.3, -0.25) is 9.20 Å². The number of amides is 1. The van der Waals surface area contributed by atoms with Crippen LogP contribution in [0.15, 0.2) is 46.2 Å². The highest BCUT2D eigenvalue weighted by Gasteiger charge is 2.35. The normalized spacial score (nSPS) is 16.3. The molecule has 1 aromatic carbocycles. The number of pyridine rings is 1. The molecule has 1 N–H and O–H groups in total. The molecule has 8 nitrogen and oxygen atoms in total. The Morgan fingerprint density at radius 1 is 1.37 bits per heavy atom. The number of carbonyl (C=O) groups excluding carboxylic acids is 1. The van der Waals surface area contributed by atoms with Gasteiger partial charge in [0.05, 0.1) is 13.0 Å². The third kappa shape index (κ3) is 2.98. The fourth-order valence-corrected chi connectivity index (χ4v) is 5.13. The van der Waals surface area contributed by atoms with Gasteiger partial charge >= 0.3 is 0 Å². The van der Waals surface area contributed by atoms with Crippen molar-refractivity contribution in [3.63, 3.8) is 0 Å². The number of benzene rings is 1. The van der Waals surface area contributed by atoms with Gasteiger partial charge in [0.2, 0.25) is 5.91 Å². The Kier molecular flexibility index (Phi) is 4.39. The summed E-state index contributed by atoms with van der Waals surface area (Å²) < 4.78 is 35.5. The molecule has 1 atom stereocenters. The van der Waals surface area contributed by atoms with Crippen molar-refractivity contribution in [3.8, 4) is 5.75 Å². The van der Waals surface area contributed by atoms with Crippen LogP contribution in [0.1, 0.15) is 23.5 Å². The van der Waals surface area contributed by atoms with Crippen molar-refractivity contribution in [1.29, 1.82) is 0 Å². The lowest BCUT2D eigenvalue weighted by molar-refractivity contribution is -0.120. The summed E-state index contributed by atoms with van der Waals surface area (Å²) in [5.41, 5.74) is 1.84. The van der Waals surface area contributed by atoms with E-state index in [-0.39, 0.29) is 10.5 Å². The van der Waals surface area contributed by atoms with Crippen molar-refractivity contribution in [1.82, 2.24) is 19.3 Å². The molecular weight excluding hydrogens is 436 g/mol. The smallest absolute Gasteiger partial charge is 0.267 e. The molecule has 3 aromatic rings. The molecular formula is C17H15BrN4O4S. The van der Waals surface area contributed by atoms with Gasteiger partial charge < -0.3 is 4.74 Å². The summed E-state index contributed by atoms with van der Waals surface area (Å²) >= 11 is 3.48. The van der Waals surface area contributed by atoms with E-state index in [4.69, 9.17) is 4.74 Å². The largest absolute Gasteiger partial charge is 0.496 e. The van der Waals surface area contributed by atoms with Gasteiger partial charge in [0.25, 0.3) is 10.0 Å². The molecule has 0 bridgehead atoms. The molecule has 10 heteroatoms. The van der Waals surface area contributed by atoms with E-state index in [0.717, 1.165) is 15.6 Å². The number of sulfonamides is 1. The lowest BCUT2D eigenvalue weighted by Gasteiger charge is -2.16. The second-order valence-electron chi connectivity index (χ2n) is 6.14. The molecule has 0 aliphatic heterocycles. The number of hydrogen-bond donors (Lipinski definition) is 1. The van der Waals surface area contributed by atoms with Gasteiger partial charge in [-0.05, 0) is 42.7 Å². The highest BCUT2D eigenvalue weighted by molar-refractivity contribution is 9.10. The molecule has 2 aromatic heterocycles. The summed E-state index contributed by atoms with van der Waals surface area (Å²) in [6.07, 6.45) is 4.19. The van der Waals surface area contributed by atoms with Gasteiger partial charge in [-0.1, -0.05) is 15.9 Å². The van der Waals surface area contributed by atoms with E-state index in [1.807, 2.05) is 6.07 Å². The minimum atomic E-state index is -4.10. The average molecular weight is 451 g/mol. The molecule has 1 aliphatic carbocycles. The minimum Gasteiger partial charge on any atom is -0.496 e.